The molecule has 0 spiro atoms. The van der Waals surface area contributed by atoms with E-state index in [0.717, 1.165) is 22.2 Å². The second-order valence-corrected chi connectivity index (χ2v) is 8.68. The number of thioether (sulfide) groups is 1. The van der Waals surface area contributed by atoms with Gasteiger partial charge in [-0.25, -0.2) is 0 Å². The van der Waals surface area contributed by atoms with Gasteiger partial charge in [0, 0.05) is 29.2 Å². The maximum atomic E-state index is 13.0. The number of hydrogen-bond donors (Lipinski definition) is 0. The minimum atomic E-state index is -0.157. The Bertz CT molecular complexity index is 1150. The van der Waals surface area contributed by atoms with Crippen LogP contribution in [0.25, 0.3) is 17.0 Å². The second-order valence-electron chi connectivity index (χ2n) is 6.19. The van der Waals surface area contributed by atoms with Gasteiger partial charge in [-0.1, -0.05) is 65.4 Å². The number of carbonyl (C=O) groups is 1. The minimum Gasteiger partial charge on any atom is -0.347 e. The lowest BCUT2D eigenvalue weighted by atomic mass is 10.1. The first-order valence-corrected chi connectivity index (χ1v) is 10.1. The Morgan fingerprint density at radius 1 is 1.11 bits per heavy atom. The summed E-state index contributed by atoms with van der Waals surface area (Å²) in [6.07, 6.45) is 1.93. The Morgan fingerprint density at radius 3 is 2.59 bits per heavy atom. The summed E-state index contributed by atoms with van der Waals surface area (Å²) in [5, 5.41) is 1.93. The molecule has 1 aromatic heterocycles. The highest BCUT2D eigenvalue weighted by Crippen LogP contribution is 2.39. The zero-order valence-electron chi connectivity index (χ0n) is 14.5. The Balaban J connectivity index is 1.78. The van der Waals surface area contributed by atoms with E-state index < -0.39 is 0 Å². The number of anilines is 1. The van der Waals surface area contributed by atoms with E-state index in [2.05, 4.69) is 16.7 Å². The van der Waals surface area contributed by atoms with Gasteiger partial charge in [-0.3, -0.25) is 9.69 Å². The van der Waals surface area contributed by atoms with E-state index in [0.29, 0.717) is 25.0 Å². The third-order valence-electron chi connectivity index (χ3n) is 4.68. The van der Waals surface area contributed by atoms with Crippen molar-refractivity contribution in [3.63, 3.8) is 0 Å². The van der Waals surface area contributed by atoms with Gasteiger partial charge in [-0.2, -0.15) is 0 Å². The van der Waals surface area contributed by atoms with E-state index in [1.54, 1.807) is 18.2 Å². The van der Waals surface area contributed by atoms with E-state index in [-0.39, 0.29) is 5.91 Å². The van der Waals surface area contributed by atoms with Gasteiger partial charge in [0.05, 0.1) is 20.6 Å². The van der Waals surface area contributed by atoms with Gasteiger partial charge in [-0.15, -0.1) is 0 Å². The van der Waals surface area contributed by atoms with Gasteiger partial charge in [-0.05, 0) is 37.3 Å². The molecule has 0 unspecified atom stereocenters. The summed E-state index contributed by atoms with van der Waals surface area (Å²) in [6.45, 7) is 2.05. The Morgan fingerprint density at radius 2 is 1.85 bits per heavy atom. The van der Waals surface area contributed by atoms with E-state index >= 15 is 0 Å². The van der Waals surface area contributed by atoms with Crippen LogP contribution in [-0.2, 0) is 11.8 Å². The van der Waals surface area contributed by atoms with Crippen molar-refractivity contribution in [1.82, 2.24) is 4.57 Å². The van der Waals surface area contributed by atoms with Gasteiger partial charge in [0.2, 0.25) is 0 Å². The van der Waals surface area contributed by atoms with Crippen molar-refractivity contribution in [2.24, 2.45) is 7.05 Å². The maximum Gasteiger partial charge on any atom is 0.270 e. The van der Waals surface area contributed by atoms with Gasteiger partial charge in [0.15, 0.2) is 4.32 Å². The summed E-state index contributed by atoms with van der Waals surface area (Å²) < 4.78 is 2.60. The van der Waals surface area contributed by atoms with Crippen LogP contribution in [-0.4, -0.2) is 14.8 Å². The van der Waals surface area contributed by atoms with Crippen LogP contribution >= 0.6 is 47.2 Å². The highest BCUT2D eigenvalue weighted by atomic mass is 35.5. The molecule has 3 aromatic rings. The zero-order chi connectivity index (χ0) is 19.3. The van der Waals surface area contributed by atoms with Crippen molar-refractivity contribution in [3.8, 4) is 0 Å². The van der Waals surface area contributed by atoms with Crippen LogP contribution in [0.1, 0.15) is 11.3 Å². The van der Waals surface area contributed by atoms with Gasteiger partial charge in [0.25, 0.3) is 5.91 Å². The molecular weight excluding hydrogens is 419 g/mol. The average Bonchev–Trinajstić information content (AvgIpc) is 3.06. The third-order valence-corrected chi connectivity index (χ3v) is 6.72. The number of nitrogens with zero attached hydrogens (tertiary/aromatic N) is 2. The van der Waals surface area contributed by atoms with Crippen LogP contribution < -0.4 is 4.90 Å². The summed E-state index contributed by atoms with van der Waals surface area (Å²) in [7, 11) is 2.02. The number of aromatic nitrogens is 1. The standard InChI is InChI=1S/C20H14Cl2N2OS2/c1-11-14(13-5-3-4-6-17(13)23(11)2)10-18-19(25)24(20(26)27-18)12-7-8-15(21)16(22)9-12/h3-10H,1-2H3/b18-10+. The van der Waals surface area contributed by atoms with E-state index in [9.17, 15) is 4.79 Å². The van der Waals surface area contributed by atoms with Gasteiger partial charge in [0.1, 0.15) is 0 Å². The Labute approximate surface area is 176 Å². The van der Waals surface area contributed by atoms with Crippen molar-refractivity contribution in [1.29, 1.82) is 0 Å². The third kappa shape index (κ3) is 3.09. The molecule has 0 aliphatic carbocycles. The Hall–Kier alpha value is -1.79. The molecule has 2 heterocycles. The lowest BCUT2D eigenvalue weighted by molar-refractivity contribution is -0.113. The van der Waals surface area contributed by atoms with Crippen molar-refractivity contribution in [3.05, 3.63) is 68.7 Å². The molecule has 2 aromatic carbocycles. The minimum absolute atomic E-state index is 0.157. The van der Waals surface area contributed by atoms with E-state index in [1.807, 2.05) is 32.2 Å². The van der Waals surface area contributed by atoms with E-state index in [4.69, 9.17) is 35.4 Å². The average molecular weight is 433 g/mol. The fourth-order valence-corrected chi connectivity index (χ4v) is 4.75. The fourth-order valence-electron chi connectivity index (χ4n) is 3.18. The lowest BCUT2D eigenvalue weighted by Gasteiger charge is -2.15. The number of para-hydroxylation sites is 1. The van der Waals surface area contributed by atoms with Crippen LogP contribution in [0, 0.1) is 6.92 Å². The molecule has 0 saturated carbocycles. The first-order chi connectivity index (χ1) is 12.9. The molecule has 3 nitrogen and oxygen atoms in total. The van der Waals surface area contributed by atoms with Gasteiger partial charge >= 0.3 is 0 Å². The topological polar surface area (TPSA) is 25.2 Å². The number of fused-ring (bicyclic) bond motifs is 1. The lowest BCUT2D eigenvalue weighted by Crippen LogP contribution is -2.27. The molecule has 1 fully saturated rings. The van der Waals surface area contributed by atoms with Crippen LogP contribution in [0.5, 0.6) is 0 Å². The molecule has 1 aliphatic rings. The molecule has 4 rings (SSSR count). The van der Waals surface area contributed by atoms with Crippen LogP contribution in [0.2, 0.25) is 10.0 Å². The first-order valence-electron chi connectivity index (χ1n) is 8.15. The molecule has 1 aliphatic heterocycles. The number of amides is 1. The van der Waals surface area contributed by atoms with Crippen molar-refractivity contribution in [2.75, 3.05) is 4.90 Å². The number of rotatable bonds is 2. The molecule has 7 heteroatoms. The molecule has 0 N–H and O–H groups in total. The molecule has 1 saturated heterocycles. The number of benzene rings is 2. The fraction of sp³-hybridized carbons (Fsp3) is 0.100. The van der Waals surface area contributed by atoms with Crippen molar-refractivity contribution in [2.45, 2.75) is 6.92 Å². The monoisotopic (exact) mass is 432 g/mol. The van der Waals surface area contributed by atoms with Crippen molar-refractivity contribution >= 4 is 80.1 Å². The smallest absolute Gasteiger partial charge is 0.270 e. The highest BCUT2D eigenvalue weighted by Gasteiger charge is 2.34. The second kappa shape index (κ2) is 6.99. The van der Waals surface area contributed by atoms with Crippen LogP contribution in [0.3, 0.4) is 0 Å². The van der Waals surface area contributed by atoms with Crippen LogP contribution in [0.15, 0.2) is 47.4 Å². The highest BCUT2D eigenvalue weighted by molar-refractivity contribution is 8.27. The summed E-state index contributed by atoms with van der Waals surface area (Å²) >= 11 is 18.8. The number of halogens is 2. The first kappa shape index (κ1) is 18.6. The van der Waals surface area contributed by atoms with Gasteiger partial charge < -0.3 is 4.57 Å². The number of thiocarbonyl (C=S) groups is 1. The SMILES string of the molecule is Cc1c(/C=C2/SC(=S)N(c3ccc(Cl)c(Cl)c3)C2=O)c2ccccc2n1C. The predicted molar refractivity (Wildman–Crippen MR) is 120 cm³/mol. The largest absolute Gasteiger partial charge is 0.347 e. The summed E-state index contributed by atoms with van der Waals surface area (Å²) in [6, 6.07) is 13.2. The normalized spacial score (nSPS) is 16.1. The number of carbonyl (C=O) groups excluding carboxylic acids is 1. The molecule has 0 atom stereocenters. The molecule has 27 heavy (non-hydrogen) atoms. The van der Waals surface area contributed by atoms with Crippen molar-refractivity contribution < 1.29 is 4.79 Å². The molecule has 0 bridgehead atoms. The maximum absolute atomic E-state index is 13.0. The van der Waals surface area contributed by atoms with E-state index in [1.165, 1.54) is 16.7 Å². The summed E-state index contributed by atoms with van der Waals surface area (Å²) in [5.74, 6) is -0.157. The number of aryl methyl sites for hydroxylation is 1. The molecule has 136 valence electrons. The Kier molecular flexibility index (Phi) is 4.80. The zero-order valence-corrected chi connectivity index (χ0v) is 17.6. The number of hydrogen-bond acceptors (Lipinski definition) is 3. The quantitative estimate of drug-likeness (QED) is 0.356. The summed E-state index contributed by atoms with van der Waals surface area (Å²) in [4.78, 5) is 15.1. The molecule has 1 amide bonds. The molecule has 0 radical (unpaired) electrons. The van der Waals surface area contributed by atoms with Crippen LogP contribution in [0.4, 0.5) is 5.69 Å². The molecular formula is C20H14Cl2N2OS2. The summed E-state index contributed by atoms with van der Waals surface area (Å²) in [5.41, 5.74) is 3.87. The predicted octanol–water partition coefficient (Wildman–Crippen LogP) is 6.20.